The molecule has 3 N–H and O–H groups in total. The van der Waals surface area contributed by atoms with E-state index in [0.717, 1.165) is 56.7 Å². The number of nitriles is 1. The van der Waals surface area contributed by atoms with Crippen molar-refractivity contribution in [1.29, 1.82) is 5.26 Å². The Morgan fingerprint density at radius 2 is 1.85 bits per heavy atom. The number of hydrogen-bond donors (Lipinski definition) is 3. The molecule has 1 amide bonds. The summed E-state index contributed by atoms with van der Waals surface area (Å²) < 4.78 is 5.68. The normalized spacial score (nSPS) is 19.2. The van der Waals surface area contributed by atoms with Crippen molar-refractivity contribution in [2.24, 2.45) is 11.8 Å². The number of benzene rings is 1. The van der Waals surface area contributed by atoms with Crippen LogP contribution in [0.3, 0.4) is 0 Å². The van der Waals surface area contributed by atoms with Gasteiger partial charge in [-0.15, -0.1) is 0 Å². The number of nitrogens with zero attached hydrogens (tertiary/aromatic N) is 2. The highest BCUT2D eigenvalue weighted by Crippen LogP contribution is 2.31. The molecule has 0 saturated heterocycles. The molecule has 0 radical (unpaired) electrons. The van der Waals surface area contributed by atoms with Crippen LogP contribution in [0, 0.1) is 23.2 Å². The molecule has 7 nitrogen and oxygen atoms in total. The van der Waals surface area contributed by atoms with Gasteiger partial charge in [0.2, 0.25) is 0 Å². The van der Waals surface area contributed by atoms with E-state index in [1.165, 1.54) is 37.7 Å². The standard InChI is InChI=1S/C26H33N5O2/c27-17-20-5-7-23(8-6-20)26(32)31-18-21-3-1-19(2-4-21)9-12-28-14-15-30-25-24-22(10-13-29-25)11-16-33-24/h5-8,10,13,19,21,28H,1-4,9,11-12,14-16,18H2,(H,29,30)(H,31,32). The fraction of sp³-hybridized carbons (Fsp3) is 0.500. The molecule has 1 aromatic carbocycles. The van der Waals surface area contributed by atoms with Crippen LogP contribution >= 0.6 is 0 Å². The maximum Gasteiger partial charge on any atom is 0.251 e. The van der Waals surface area contributed by atoms with Gasteiger partial charge in [-0.1, -0.05) is 12.8 Å². The van der Waals surface area contributed by atoms with Crippen molar-refractivity contribution in [3.63, 3.8) is 0 Å². The monoisotopic (exact) mass is 447 g/mol. The maximum absolute atomic E-state index is 12.3. The predicted molar refractivity (Wildman–Crippen MR) is 128 cm³/mol. The minimum absolute atomic E-state index is 0.0540. The van der Waals surface area contributed by atoms with Gasteiger partial charge in [0.05, 0.1) is 18.2 Å². The fourth-order valence-electron chi connectivity index (χ4n) is 4.70. The summed E-state index contributed by atoms with van der Waals surface area (Å²) in [6.45, 7) is 4.25. The molecule has 2 aliphatic rings. The number of rotatable bonds is 10. The highest BCUT2D eigenvalue weighted by molar-refractivity contribution is 5.94. The lowest BCUT2D eigenvalue weighted by molar-refractivity contribution is 0.0941. The van der Waals surface area contributed by atoms with Crippen molar-refractivity contribution in [1.82, 2.24) is 15.6 Å². The molecule has 7 heteroatoms. The zero-order valence-corrected chi connectivity index (χ0v) is 19.1. The van der Waals surface area contributed by atoms with Crippen molar-refractivity contribution >= 4 is 11.7 Å². The van der Waals surface area contributed by atoms with Gasteiger partial charge >= 0.3 is 0 Å². The van der Waals surface area contributed by atoms with E-state index in [1.54, 1.807) is 24.3 Å². The molecular formula is C26H33N5O2. The van der Waals surface area contributed by atoms with Gasteiger partial charge in [-0.2, -0.15) is 5.26 Å². The minimum Gasteiger partial charge on any atom is -0.489 e. The Hall–Kier alpha value is -3.11. The molecule has 33 heavy (non-hydrogen) atoms. The molecule has 1 aliphatic carbocycles. The Balaban J connectivity index is 1.05. The largest absolute Gasteiger partial charge is 0.489 e. The van der Waals surface area contributed by atoms with Gasteiger partial charge in [0.1, 0.15) is 0 Å². The number of hydrogen-bond acceptors (Lipinski definition) is 6. The van der Waals surface area contributed by atoms with E-state index in [4.69, 9.17) is 10.00 Å². The Morgan fingerprint density at radius 3 is 2.64 bits per heavy atom. The van der Waals surface area contributed by atoms with Gasteiger partial charge in [-0.25, -0.2) is 4.98 Å². The molecule has 0 atom stereocenters. The quantitative estimate of drug-likeness (QED) is 0.482. The van der Waals surface area contributed by atoms with Crippen LogP contribution < -0.4 is 20.7 Å². The van der Waals surface area contributed by atoms with E-state index >= 15 is 0 Å². The summed E-state index contributed by atoms with van der Waals surface area (Å²) in [5.74, 6) is 3.05. The SMILES string of the molecule is N#Cc1ccc(C(=O)NCC2CCC(CCNCCNc3nccc4c3OCC4)CC2)cc1. The molecule has 174 valence electrons. The molecule has 0 unspecified atom stereocenters. The third-order valence-corrected chi connectivity index (χ3v) is 6.72. The lowest BCUT2D eigenvalue weighted by Gasteiger charge is -2.28. The zero-order chi connectivity index (χ0) is 22.9. The highest BCUT2D eigenvalue weighted by Gasteiger charge is 2.21. The average molecular weight is 448 g/mol. The number of aromatic nitrogens is 1. The second-order valence-electron chi connectivity index (χ2n) is 9.00. The molecule has 1 aliphatic heterocycles. The maximum atomic E-state index is 12.3. The van der Waals surface area contributed by atoms with E-state index in [2.05, 4.69) is 27.0 Å². The lowest BCUT2D eigenvalue weighted by atomic mass is 9.80. The molecule has 1 aromatic heterocycles. The first-order valence-electron chi connectivity index (χ1n) is 12.1. The van der Waals surface area contributed by atoms with Crippen LogP contribution in [0.4, 0.5) is 5.82 Å². The summed E-state index contributed by atoms with van der Waals surface area (Å²) >= 11 is 0. The Kier molecular flexibility index (Phi) is 8.15. The van der Waals surface area contributed by atoms with Gasteiger partial charge < -0.3 is 20.7 Å². The van der Waals surface area contributed by atoms with Crippen LogP contribution in [0.2, 0.25) is 0 Å². The Labute approximate surface area is 195 Å². The molecule has 4 rings (SSSR count). The molecule has 2 heterocycles. The van der Waals surface area contributed by atoms with E-state index in [1.807, 2.05) is 12.3 Å². The van der Waals surface area contributed by atoms with Crippen LogP contribution in [0.15, 0.2) is 36.5 Å². The summed E-state index contributed by atoms with van der Waals surface area (Å²) in [7, 11) is 0. The van der Waals surface area contributed by atoms with Crippen molar-refractivity contribution in [3.05, 3.63) is 53.2 Å². The topological polar surface area (TPSA) is 99.1 Å². The van der Waals surface area contributed by atoms with E-state index in [9.17, 15) is 4.79 Å². The summed E-state index contributed by atoms with van der Waals surface area (Å²) in [6.07, 6.45) is 8.82. The van der Waals surface area contributed by atoms with Crippen LogP contribution in [0.5, 0.6) is 5.75 Å². The second-order valence-corrected chi connectivity index (χ2v) is 9.00. The van der Waals surface area contributed by atoms with Gasteiger partial charge in [-0.05, 0) is 68.0 Å². The number of carbonyl (C=O) groups excluding carboxylic acids is 1. The summed E-state index contributed by atoms with van der Waals surface area (Å²) in [5.41, 5.74) is 2.43. The third-order valence-electron chi connectivity index (χ3n) is 6.72. The first-order chi connectivity index (χ1) is 16.2. The summed E-state index contributed by atoms with van der Waals surface area (Å²) in [4.78, 5) is 16.7. The van der Waals surface area contributed by atoms with Crippen LogP contribution in [0.1, 0.15) is 53.6 Å². The zero-order valence-electron chi connectivity index (χ0n) is 19.1. The molecule has 2 aromatic rings. The Morgan fingerprint density at radius 1 is 1.06 bits per heavy atom. The van der Waals surface area contributed by atoms with Crippen LogP contribution in [-0.2, 0) is 6.42 Å². The number of ether oxygens (including phenoxy) is 1. The number of pyridine rings is 1. The van der Waals surface area contributed by atoms with Crippen molar-refractivity contribution in [2.75, 3.05) is 38.1 Å². The van der Waals surface area contributed by atoms with E-state index < -0.39 is 0 Å². The lowest BCUT2D eigenvalue weighted by Crippen LogP contribution is -2.32. The van der Waals surface area contributed by atoms with Gasteiger partial charge in [-0.3, -0.25) is 4.79 Å². The molecule has 1 fully saturated rings. The van der Waals surface area contributed by atoms with Gasteiger partial charge in [0, 0.05) is 43.4 Å². The smallest absolute Gasteiger partial charge is 0.251 e. The minimum atomic E-state index is -0.0540. The number of carbonyl (C=O) groups is 1. The van der Waals surface area contributed by atoms with Crippen molar-refractivity contribution < 1.29 is 9.53 Å². The first kappa shape index (κ1) is 23.1. The van der Waals surface area contributed by atoms with Crippen molar-refractivity contribution in [2.45, 2.75) is 38.5 Å². The van der Waals surface area contributed by atoms with Crippen LogP contribution in [0.25, 0.3) is 0 Å². The molecule has 0 bridgehead atoms. The number of fused-ring (bicyclic) bond motifs is 1. The average Bonchev–Trinajstić information content (AvgIpc) is 3.35. The first-order valence-corrected chi connectivity index (χ1v) is 12.1. The van der Waals surface area contributed by atoms with Gasteiger partial charge in [0.25, 0.3) is 5.91 Å². The van der Waals surface area contributed by atoms with Crippen LogP contribution in [-0.4, -0.2) is 43.7 Å². The van der Waals surface area contributed by atoms with Crippen molar-refractivity contribution in [3.8, 4) is 11.8 Å². The highest BCUT2D eigenvalue weighted by atomic mass is 16.5. The number of nitrogens with one attached hydrogen (secondary N) is 3. The predicted octanol–water partition coefficient (Wildman–Crippen LogP) is 3.52. The Bertz CT molecular complexity index is 962. The molecule has 0 spiro atoms. The third kappa shape index (κ3) is 6.45. The number of amides is 1. The fourth-order valence-corrected chi connectivity index (χ4v) is 4.70. The molecular weight excluding hydrogens is 414 g/mol. The second kappa shape index (κ2) is 11.7. The van der Waals surface area contributed by atoms with E-state index in [0.29, 0.717) is 17.0 Å². The van der Waals surface area contributed by atoms with E-state index in [-0.39, 0.29) is 5.91 Å². The summed E-state index contributed by atoms with van der Waals surface area (Å²) in [6, 6.07) is 10.9. The van der Waals surface area contributed by atoms with Gasteiger partial charge in [0.15, 0.2) is 11.6 Å². The summed E-state index contributed by atoms with van der Waals surface area (Å²) in [5, 5.41) is 18.8. The number of anilines is 1. The molecule has 1 saturated carbocycles.